The van der Waals surface area contributed by atoms with Gasteiger partial charge in [0.25, 0.3) is 0 Å². The first kappa shape index (κ1) is 41.2. The van der Waals surface area contributed by atoms with E-state index in [0.29, 0.717) is 6.54 Å². The number of nitrogens with one attached hydrogen (secondary N) is 1. The summed E-state index contributed by atoms with van der Waals surface area (Å²) < 4.78 is 0. The van der Waals surface area contributed by atoms with E-state index in [9.17, 15) is 34.2 Å². The van der Waals surface area contributed by atoms with Crippen molar-refractivity contribution in [3.63, 3.8) is 0 Å². The molecule has 256 valence electrons. The summed E-state index contributed by atoms with van der Waals surface area (Å²) in [5, 5.41) is 39.4. The highest BCUT2D eigenvalue weighted by Crippen LogP contribution is 2.13. The van der Waals surface area contributed by atoms with E-state index in [1.54, 1.807) is 0 Å². The van der Waals surface area contributed by atoms with Gasteiger partial charge in [0.15, 0.2) is 0 Å². The van der Waals surface area contributed by atoms with Crippen LogP contribution in [0.15, 0.2) is 0 Å². The van der Waals surface area contributed by atoms with E-state index in [0.717, 1.165) is 19.3 Å². The van der Waals surface area contributed by atoms with Crippen molar-refractivity contribution in [1.82, 2.24) is 20.0 Å². The number of rotatable bonds is 32. The predicted molar refractivity (Wildman–Crippen MR) is 168 cm³/mol. The van der Waals surface area contributed by atoms with Gasteiger partial charge in [-0.3, -0.25) is 38.7 Å². The second-order valence-electron chi connectivity index (χ2n) is 11.6. The molecule has 1 amide bonds. The SMILES string of the molecule is CCCCCCCCCCCCCCCCCNC(=O)CN(CCN(CCN(CC(=O)O)CC(=O)O)CC(=O)O)CC(=O)O. The topological polar surface area (TPSA) is 188 Å². The van der Waals surface area contributed by atoms with Crippen LogP contribution in [0.2, 0.25) is 0 Å². The van der Waals surface area contributed by atoms with Crippen molar-refractivity contribution in [2.75, 3.05) is 65.4 Å². The second kappa shape index (κ2) is 27.8. The number of unbranched alkanes of at least 4 members (excludes halogenated alkanes) is 14. The van der Waals surface area contributed by atoms with Crippen LogP contribution < -0.4 is 5.32 Å². The molecule has 0 saturated heterocycles. The van der Waals surface area contributed by atoms with Crippen molar-refractivity contribution < 1.29 is 44.4 Å². The third-order valence-corrected chi connectivity index (χ3v) is 7.37. The summed E-state index contributed by atoms with van der Waals surface area (Å²) in [6.45, 7) is 0.982. The lowest BCUT2D eigenvalue weighted by molar-refractivity contribution is -0.143. The van der Waals surface area contributed by atoms with Crippen molar-refractivity contribution >= 4 is 29.8 Å². The van der Waals surface area contributed by atoms with Crippen LogP contribution in [-0.2, 0) is 24.0 Å². The summed E-state index contributed by atoms with van der Waals surface area (Å²) in [5.74, 6) is -4.99. The highest BCUT2D eigenvalue weighted by Gasteiger charge is 2.19. The standard InChI is InChI=1S/C31H58N4O9/c1-2-3-4-5-6-7-8-9-10-11-12-13-14-15-16-17-32-27(36)22-34(24-29(39)40)20-18-33(23-28(37)38)19-21-35(25-30(41)42)26-31(43)44/h2-26H2,1H3,(H,32,36)(H,37,38)(H,39,40)(H,41,42)(H,43,44). The summed E-state index contributed by atoms with van der Waals surface area (Å²) in [6.07, 6.45) is 18.8. The zero-order valence-electron chi connectivity index (χ0n) is 26.8. The van der Waals surface area contributed by atoms with Gasteiger partial charge < -0.3 is 25.7 Å². The van der Waals surface area contributed by atoms with E-state index in [1.165, 1.54) is 91.7 Å². The van der Waals surface area contributed by atoms with E-state index in [2.05, 4.69) is 12.2 Å². The maximum absolute atomic E-state index is 12.5. The molecule has 0 aliphatic carbocycles. The van der Waals surface area contributed by atoms with E-state index in [4.69, 9.17) is 10.2 Å². The number of amides is 1. The first-order valence-corrected chi connectivity index (χ1v) is 16.3. The first-order chi connectivity index (χ1) is 21.0. The lowest BCUT2D eigenvalue weighted by Gasteiger charge is -2.27. The van der Waals surface area contributed by atoms with Crippen molar-refractivity contribution in [2.24, 2.45) is 0 Å². The monoisotopic (exact) mass is 630 g/mol. The molecule has 0 aromatic heterocycles. The van der Waals surface area contributed by atoms with E-state index >= 15 is 0 Å². The molecule has 0 bridgehead atoms. The van der Waals surface area contributed by atoms with Crippen LogP contribution in [0, 0.1) is 0 Å². The summed E-state index contributed by atoms with van der Waals surface area (Å²) in [7, 11) is 0. The number of hydrogen-bond acceptors (Lipinski definition) is 8. The molecule has 0 unspecified atom stereocenters. The molecule has 0 aromatic carbocycles. The average molecular weight is 631 g/mol. The average Bonchev–Trinajstić information content (AvgIpc) is 2.92. The third kappa shape index (κ3) is 28.0. The summed E-state index contributed by atoms with van der Waals surface area (Å²) in [5.41, 5.74) is 0. The second-order valence-corrected chi connectivity index (χ2v) is 11.6. The number of hydrogen-bond donors (Lipinski definition) is 5. The zero-order valence-corrected chi connectivity index (χ0v) is 26.8. The van der Waals surface area contributed by atoms with E-state index < -0.39 is 50.1 Å². The highest BCUT2D eigenvalue weighted by atomic mass is 16.4. The highest BCUT2D eigenvalue weighted by molar-refractivity contribution is 5.79. The molecular weight excluding hydrogens is 572 g/mol. The quantitative estimate of drug-likeness (QED) is 0.0684. The molecule has 0 aliphatic heterocycles. The molecular formula is C31H58N4O9. The number of carboxylic acid groups (broad SMARTS) is 4. The number of carbonyl (C=O) groups excluding carboxylic acids is 1. The van der Waals surface area contributed by atoms with Gasteiger partial charge in [-0.25, -0.2) is 0 Å². The number of aliphatic carboxylic acids is 4. The summed E-state index contributed by atoms with van der Waals surface area (Å²) in [6, 6.07) is 0. The van der Waals surface area contributed by atoms with Gasteiger partial charge in [0, 0.05) is 32.7 Å². The van der Waals surface area contributed by atoms with E-state index in [1.807, 2.05) is 0 Å². The van der Waals surface area contributed by atoms with Gasteiger partial charge in [-0.2, -0.15) is 0 Å². The number of carbonyl (C=O) groups is 5. The van der Waals surface area contributed by atoms with Crippen LogP contribution in [0.1, 0.15) is 103 Å². The normalized spacial score (nSPS) is 11.4. The Morgan fingerprint density at radius 1 is 0.432 bits per heavy atom. The Morgan fingerprint density at radius 3 is 1.09 bits per heavy atom. The summed E-state index contributed by atoms with van der Waals surface area (Å²) in [4.78, 5) is 61.2. The molecule has 0 saturated carbocycles. The Hall–Kier alpha value is -2.77. The van der Waals surface area contributed by atoms with Crippen LogP contribution in [0.25, 0.3) is 0 Å². The van der Waals surface area contributed by atoms with Crippen molar-refractivity contribution in [2.45, 2.75) is 103 Å². The van der Waals surface area contributed by atoms with Crippen molar-refractivity contribution in [3.05, 3.63) is 0 Å². The fraction of sp³-hybridized carbons (Fsp3) is 0.839. The molecule has 0 radical (unpaired) electrons. The maximum Gasteiger partial charge on any atom is 0.317 e. The minimum Gasteiger partial charge on any atom is -0.480 e. The Labute approximate surface area is 263 Å². The van der Waals surface area contributed by atoms with Crippen LogP contribution in [-0.4, -0.2) is 130 Å². The predicted octanol–water partition coefficient (Wildman–Crippen LogP) is 3.22. The Morgan fingerprint density at radius 2 is 0.727 bits per heavy atom. The van der Waals surface area contributed by atoms with Crippen LogP contribution in [0.5, 0.6) is 0 Å². The molecule has 13 nitrogen and oxygen atoms in total. The van der Waals surface area contributed by atoms with Gasteiger partial charge in [0.1, 0.15) is 0 Å². The van der Waals surface area contributed by atoms with Gasteiger partial charge in [-0.1, -0.05) is 96.8 Å². The fourth-order valence-corrected chi connectivity index (χ4v) is 5.01. The molecule has 0 aromatic rings. The van der Waals surface area contributed by atoms with Gasteiger partial charge >= 0.3 is 23.9 Å². The van der Waals surface area contributed by atoms with Gasteiger partial charge in [0.2, 0.25) is 5.91 Å². The Balaban J connectivity index is 4.29. The molecule has 44 heavy (non-hydrogen) atoms. The summed E-state index contributed by atoms with van der Waals surface area (Å²) >= 11 is 0. The Kier molecular flexibility index (Phi) is 26.0. The van der Waals surface area contributed by atoms with Crippen LogP contribution in [0.3, 0.4) is 0 Å². The Bertz CT molecular complexity index is 797. The largest absolute Gasteiger partial charge is 0.480 e. The zero-order chi connectivity index (χ0) is 33.0. The number of carboxylic acids is 4. The number of nitrogens with zero attached hydrogens (tertiary/aromatic N) is 3. The molecule has 5 N–H and O–H groups in total. The van der Waals surface area contributed by atoms with Gasteiger partial charge in [-0.15, -0.1) is 0 Å². The smallest absolute Gasteiger partial charge is 0.317 e. The lowest BCUT2D eigenvalue weighted by atomic mass is 10.0. The maximum atomic E-state index is 12.5. The van der Waals surface area contributed by atoms with Gasteiger partial charge in [0.05, 0.1) is 32.7 Å². The molecule has 0 aliphatic rings. The first-order valence-electron chi connectivity index (χ1n) is 16.3. The van der Waals surface area contributed by atoms with Crippen molar-refractivity contribution in [1.29, 1.82) is 0 Å². The molecule has 0 heterocycles. The molecule has 0 spiro atoms. The molecule has 0 rings (SSSR count). The fourth-order valence-electron chi connectivity index (χ4n) is 5.01. The minimum absolute atomic E-state index is 0.00937. The lowest BCUT2D eigenvalue weighted by Crippen LogP contribution is -2.46. The van der Waals surface area contributed by atoms with E-state index in [-0.39, 0.29) is 38.6 Å². The van der Waals surface area contributed by atoms with Gasteiger partial charge in [-0.05, 0) is 6.42 Å². The molecule has 0 fully saturated rings. The minimum atomic E-state index is -1.21. The molecule has 13 heteroatoms. The van der Waals surface area contributed by atoms with Crippen LogP contribution in [0.4, 0.5) is 0 Å². The van der Waals surface area contributed by atoms with Crippen LogP contribution >= 0.6 is 0 Å². The van der Waals surface area contributed by atoms with Crippen molar-refractivity contribution in [3.8, 4) is 0 Å². The molecule has 0 atom stereocenters. The third-order valence-electron chi connectivity index (χ3n) is 7.37.